The highest BCUT2D eigenvalue weighted by atomic mass is 19.1. The molecule has 1 aliphatic carbocycles. The molecule has 2 nitrogen and oxygen atoms in total. The summed E-state index contributed by atoms with van der Waals surface area (Å²) in [6, 6.07) is 8.47. The van der Waals surface area contributed by atoms with Crippen LogP contribution in [0.3, 0.4) is 0 Å². The molecular formula is C19H20F2N2. The average molecular weight is 314 g/mol. The highest BCUT2D eigenvalue weighted by Gasteiger charge is 2.15. The number of hydrogen-bond donors (Lipinski definition) is 2. The summed E-state index contributed by atoms with van der Waals surface area (Å²) in [5.41, 5.74) is 10.6. The molecule has 0 bridgehead atoms. The Balaban J connectivity index is 1.97. The smallest absolute Gasteiger partial charge is 0.123 e. The number of H-pyrrole nitrogens is 1. The van der Waals surface area contributed by atoms with Crippen molar-refractivity contribution >= 4 is 5.57 Å². The highest BCUT2D eigenvalue weighted by molar-refractivity contribution is 5.78. The van der Waals surface area contributed by atoms with Gasteiger partial charge in [-0.25, -0.2) is 8.78 Å². The molecule has 0 spiro atoms. The third kappa shape index (κ3) is 3.59. The second-order valence-electron chi connectivity index (χ2n) is 5.75. The average Bonchev–Trinajstić information content (AvgIpc) is 2.98. The predicted octanol–water partition coefficient (Wildman–Crippen LogP) is 4.39. The number of alkyl halides is 1. The van der Waals surface area contributed by atoms with Gasteiger partial charge in [0.1, 0.15) is 12.0 Å². The standard InChI is InChI=1S/C19H20F2N2/c20-16-7-3-13(4-8-16)18-12-15(2-1-11-22)19(23-18)14-5-9-17(21)10-6-14/h3-9,12,17,23H,1-2,10-11,22H2. The van der Waals surface area contributed by atoms with Crippen LogP contribution in [-0.4, -0.2) is 17.7 Å². The van der Waals surface area contributed by atoms with Crippen molar-refractivity contribution in [1.82, 2.24) is 4.98 Å². The molecule has 1 aromatic heterocycles. The van der Waals surface area contributed by atoms with Gasteiger partial charge < -0.3 is 10.7 Å². The number of halogens is 2. The minimum absolute atomic E-state index is 0.254. The second-order valence-corrected chi connectivity index (χ2v) is 5.75. The Morgan fingerprint density at radius 3 is 2.65 bits per heavy atom. The van der Waals surface area contributed by atoms with Crippen molar-refractivity contribution in [3.8, 4) is 11.3 Å². The molecule has 0 saturated heterocycles. The first-order valence-corrected chi connectivity index (χ1v) is 7.88. The molecule has 120 valence electrons. The van der Waals surface area contributed by atoms with Crippen molar-refractivity contribution in [2.24, 2.45) is 5.73 Å². The Kier molecular flexibility index (Phi) is 4.72. The summed E-state index contributed by atoms with van der Waals surface area (Å²) in [6.45, 7) is 0.623. The summed E-state index contributed by atoms with van der Waals surface area (Å²) >= 11 is 0. The Hall–Kier alpha value is -2.20. The lowest BCUT2D eigenvalue weighted by Gasteiger charge is -2.10. The zero-order chi connectivity index (χ0) is 16.2. The minimum Gasteiger partial charge on any atom is -0.354 e. The predicted molar refractivity (Wildman–Crippen MR) is 90.2 cm³/mol. The molecule has 1 heterocycles. The van der Waals surface area contributed by atoms with Crippen LogP contribution in [0.5, 0.6) is 0 Å². The van der Waals surface area contributed by atoms with E-state index >= 15 is 0 Å². The van der Waals surface area contributed by atoms with Gasteiger partial charge in [0, 0.05) is 17.8 Å². The van der Waals surface area contributed by atoms with Crippen LogP contribution >= 0.6 is 0 Å². The molecule has 0 radical (unpaired) electrons. The van der Waals surface area contributed by atoms with Gasteiger partial charge in [-0.05, 0) is 72.5 Å². The highest BCUT2D eigenvalue weighted by Crippen LogP contribution is 2.30. The molecule has 1 atom stereocenters. The van der Waals surface area contributed by atoms with Crippen LogP contribution in [0.15, 0.2) is 48.6 Å². The van der Waals surface area contributed by atoms with Crippen molar-refractivity contribution < 1.29 is 8.78 Å². The largest absolute Gasteiger partial charge is 0.354 e. The third-order valence-electron chi connectivity index (χ3n) is 4.04. The maximum absolute atomic E-state index is 13.3. The molecule has 2 aromatic rings. The number of allylic oxidation sites excluding steroid dienone is 4. The molecule has 0 amide bonds. The minimum atomic E-state index is -0.905. The van der Waals surface area contributed by atoms with Gasteiger partial charge in [-0.3, -0.25) is 0 Å². The van der Waals surface area contributed by atoms with E-state index in [1.807, 2.05) is 12.2 Å². The van der Waals surface area contributed by atoms with E-state index in [-0.39, 0.29) is 5.82 Å². The van der Waals surface area contributed by atoms with E-state index in [1.54, 1.807) is 18.2 Å². The second kappa shape index (κ2) is 6.92. The quantitative estimate of drug-likeness (QED) is 0.844. The number of nitrogens with two attached hydrogens (primary N) is 1. The fourth-order valence-corrected chi connectivity index (χ4v) is 2.81. The van der Waals surface area contributed by atoms with Gasteiger partial charge in [-0.2, -0.15) is 0 Å². The number of aryl methyl sites for hydroxylation is 1. The molecule has 1 aromatic carbocycles. The van der Waals surface area contributed by atoms with E-state index in [1.165, 1.54) is 12.1 Å². The zero-order valence-electron chi connectivity index (χ0n) is 12.9. The maximum atomic E-state index is 13.3. The maximum Gasteiger partial charge on any atom is 0.123 e. The number of benzene rings is 1. The van der Waals surface area contributed by atoms with Gasteiger partial charge in [0.15, 0.2) is 0 Å². The van der Waals surface area contributed by atoms with Gasteiger partial charge in [0.25, 0.3) is 0 Å². The summed E-state index contributed by atoms with van der Waals surface area (Å²) in [6.07, 6.45) is 6.55. The van der Waals surface area contributed by atoms with Crippen LogP contribution in [0, 0.1) is 5.82 Å². The molecule has 23 heavy (non-hydrogen) atoms. The zero-order valence-corrected chi connectivity index (χ0v) is 12.9. The van der Waals surface area contributed by atoms with E-state index in [0.29, 0.717) is 13.0 Å². The van der Waals surface area contributed by atoms with Crippen molar-refractivity contribution in [2.75, 3.05) is 6.54 Å². The van der Waals surface area contributed by atoms with Crippen LogP contribution < -0.4 is 5.73 Å². The molecule has 3 N–H and O–H groups in total. The lowest BCUT2D eigenvalue weighted by molar-refractivity contribution is 0.402. The van der Waals surface area contributed by atoms with E-state index in [4.69, 9.17) is 5.73 Å². The molecule has 1 unspecified atom stereocenters. The first-order valence-electron chi connectivity index (χ1n) is 7.88. The van der Waals surface area contributed by atoms with Crippen LogP contribution in [-0.2, 0) is 6.42 Å². The summed E-state index contributed by atoms with van der Waals surface area (Å²) in [5, 5.41) is 0. The van der Waals surface area contributed by atoms with E-state index in [2.05, 4.69) is 11.1 Å². The molecule has 0 fully saturated rings. The lowest BCUT2D eigenvalue weighted by Crippen LogP contribution is -2.03. The summed E-state index contributed by atoms with van der Waals surface area (Å²) in [5.74, 6) is -0.254. The van der Waals surface area contributed by atoms with Crippen molar-refractivity contribution in [3.05, 3.63) is 65.6 Å². The van der Waals surface area contributed by atoms with Crippen LogP contribution in [0.4, 0.5) is 8.78 Å². The summed E-state index contributed by atoms with van der Waals surface area (Å²) in [7, 11) is 0. The Labute approximate surface area is 134 Å². The topological polar surface area (TPSA) is 41.8 Å². The van der Waals surface area contributed by atoms with Gasteiger partial charge in [0.05, 0.1) is 0 Å². The molecule has 0 saturated carbocycles. The Morgan fingerprint density at radius 1 is 1.22 bits per heavy atom. The molecular weight excluding hydrogens is 294 g/mol. The first-order chi connectivity index (χ1) is 11.2. The number of aromatic nitrogens is 1. The molecule has 4 heteroatoms. The van der Waals surface area contributed by atoms with Gasteiger partial charge in [0.2, 0.25) is 0 Å². The van der Waals surface area contributed by atoms with Crippen molar-refractivity contribution in [3.63, 3.8) is 0 Å². The van der Waals surface area contributed by atoms with Crippen LogP contribution in [0.2, 0.25) is 0 Å². The molecule has 0 aliphatic heterocycles. The number of nitrogens with one attached hydrogen (secondary N) is 1. The van der Waals surface area contributed by atoms with Crippen LogP contribution in [0.1, 0.15) is 24.1 Å². The Bertz CT molecular complexity index is 726. The number of rotatable bonds is 5. The van der Waals surface area contributed by atoms with Crippen LogP contribution in [0.25, 0.3) is 16.8 Å². The van der Waals surface area contributed by atoms with Crippen molar-refractivity contribution in [1.29, 1.82) is 0 Å². The number of aromatic amines is 1. The number of hydrogen-bond acceptors (Lipinski definition) is 1. The van der Waals surface area contributed by atoms with E-state index in [0.717, 1.165) is 40.9 Å². The van der Waals surface area contributed by atoms with Gasteiger partial charge in [-0.15, -0.1) is 0 Å². The monoisotopic (exact) mass is 314 g/mol. The van der Waals surface area contributed by atoms with E-state index < -0.39 is 6.17 Å². The fraction of sp³-hybridized carbons (Fsp3) is 0.263. The fourth-order valence-electron chi connectivity index (χ4n) is 2.81. The molecule has 3 rings (SSSR count). The molecule has 1 aliphatic rings. The van der Waals surface area contributed by atoms with E-state index in [9.17, 15) is 8.78 Å². The summed E-state index contributed by atoms with van der Waals surface area (Å²) < 4.78 is 26.4. The SMILES string of the molecule is NCCCc1cc(-c2ccc(F)cc2)[nH]c1C1=CCC(F)C=C1. The lowest BCUT2D eigenvalue weighted by atomic mass is 9.99. The third-order valence-corrected chi connectivity index (χ3v) is 4.04. The summed E-state index contributed by atoms with van der Waals surface area (Å²) in [4.78, 5) is 3.41. The normalized spacial score (nSPS) is 17.3. The van der Waals surface area contributed by atoms with Crippen molar-refractivity contribution in [2.45, 2.75) is 25.4 Å². The first kappa shape index (κ1) is 15.7. The Morgan fingerprint density at radius 2 is 2.00 bits per heavy atom. The van der Waals surface area contributed by atoms with Gasteiger partial charge >= 0.3 is 0 Å². The van der Waals surface area contributed by atoms with Gasteiger partial charge in [-0.1, -0.05) is 12.2 Å².